The number of hydrogen-bond acceptors (Lipinski definition) is 2. The molecule has 0 aliphatic heterocycles. The molecule has 0 saturated heterocycles. The van der Waals surface area contributed by atoms with E-state index in [2.05, 4.69) is 67.8 Å². The van der Waals surface area contributed by atoms with Gasteiger partial charge in [-0.15, -0.1) is 0 Å². The molecule has 0 aliphatic carbocycles. The van der Waals surface area contributed by atoms with Gasteiger partial charge in [-0.2, -0.15) is 5.10 Å². The maximum atomic E-state index is 12.9. The molecule has 2 N–H and O–H groups in total. The Bertz CT molecular complexity index is 980. The Morgan fingerprint density at radius 2 is 1.73 bits per heavy atom. The van der Waals surface area contributed by atoms with Gasteiger partial charge in [-0.1, -0.05) is 71.8 Å². The lowest BCUT2D eigenvalue weighted by Gasteiger charge is -2.22. The number of aryl methyl sites for hydroxylation is 2. The largest absolute Gasteiger partial charge is 0.346 e. The topological polar surface area (TPSA) is 51.4 Å². The fourth-order valence-electron chi connectivity index (χ4n) is 3.47. The highest BCUT2D eigenvalue weighted by atomic mass is 35.5. The summed E-state index contributed by atoms with van der Waals surface area (Å²) in [6, 6.07) is 18.8. The summed E-state index contributed by atoms with van der Waals surface area (Å²) in [6.45, 7) is 4.98. The molecule has 1 heterocycles. The Morgan fingerprint density at radius 3 is 2.37 bits per heavy atom. The molecular formula is C24H30ClN4O+. The predicted octanol–water partition coefficient (Wildman–Crippen LogP) is 2.69. The van der Waals surface area contributed by atoms with Crippen LogP contribution in [0.5, 0.6) is 0 Å². The van der Waals surface area contributed by atoms with Crippen LogP contribution in [0.15, 0.2) is 54.6 Å². The Kier molecular flexibility index (Phi) is 7.29. The summed E-state index contributed by atoms with van der Waals surface area (Å²) in [7, 11) is 4.22. The predicted molar refractivity (Wildman–Crippen MR) is 121 cm³/mol. The number of halogens is 1. The third-order valence-electron chi connectivity index (χ3n) is 5.40. The van der Waals surface area contributed by atoms with E-state index < -0.39 is 0 Å². The molecule has 1 amide bonds. The first-order valence-corrected chi connectivity index (χ1v) is 10.6. The lowest BCUT2D eigenvalue weighted by molar-refractivity contribution is -0.884. The summed E-state index contributed by atoms with van der Waals surface area (Å²) >= 11 is 6.55. The molecule has 0 fully saturated rings. The quantitative estimate of drug-likeness (QED) is 0.583. The summed E-state index contributed by atoms with van der Waals surface area (Å²) in [5.41, 5.74) is 4.65. The van der Waals surface area contributed by atoms with Gasteiger partial charge < -0.3 is 10.2 Å². The average Bonchev–Trinajstić information content (AvgIpc) is 3.00. The lowest BCUT2D eigenvalue weighted by atomic mass is 10.1. The molecule has 0 radical (unpaired) electrons. The van der Waals surface area contributed by atoms with Crippen LogP contribution >= 0.6 is 11.6 Å². The first-order valence-electron chi connectivity index (χ1n) is 10.3. The number of rotatable bonds is 8. The summed E-state index contributed by atoms with van der Waals surface area (Å²) < 4.78 is 1.69. The minimum absolute atomic E-state index is 0.174. The van der Waals surface area contributed by atoms with E-state index in [1.54, 1.807) is 4.68 Å². The van der Waals surface area contributed by atoms with Crippen LogP contribution in [0, 0.1) is 13.8 Å². The van der Waals surface area contributed by atoms with E-state index in [4.69, 9.17) is 11.6 Å². The second-order valence-corrected chi connectivity index (χ2v) is 8.43. The van der Waals surface area contributed by atoms with Crippen LogP contribution in [0.2, 0.25) is 5.15 Å². The van der Waals surface area contributed by atoms with Gasteiger partial charge in [0.25, 0.3) is 5.91 Å². The number of benzene rings is 2. The number of carbonyl (C=O) groups is 1. The number of likely N-dealkylation sites (N-methyl/N-ethyl adjacent to an activating group) is 1. The molecule has 6 heteroatoms. The first-order chi connectivity index (χ1) is 14.3. The molecule has 3 aromatic rings. The fraction of sp³-hybridized carbons (Fsp3) is 0.333. The minimum Gasteiger partial charge on any atom is -0.346 e. The van der Waals surface area contributed by atoms with Gasteiger partial charge >= 0.3 is 0 Å². The Hall–Kier alpha value is -2.63. The second-order valence-electron chi connectivity index (χ2n) is 8.07. The highest BCUT2D eigenvalue weighted by Crippen LogP contribution is 2.21. The van der Waals surface area contributed by atoms with Gasteiger partial charge in [-0.25, -0.2) is 4.68 Å². The van der Waals surface area contributed by atoms with Gasteiger partial charge in [0.2, 0.25) is 0 Å². The van der Waals surface area contributed by atoms with Crippen LogP contribution in [0.4, 0.5) is 0 Å². The number of amides is 1. The first kappa shape index (κ1) is 22.1. The fourth-order valence-corrected chi connectivity index (χ4v) is 3.79. The van der Waals surface area contributed by atoms with Crippen LogP contribution in [0.3, 0.4) is 0 Å². The second kappa shape index (κ2) is 9.92. The number of nitrogens with one attached hydrogen (secondary N) is 2. The standard InChI is InChI=1S/C24H29ClN4O/c1-17-10-12-20(13-11-17)16-29-23(25)22(18(2)27-29)24(30)26-15-21(28(3)4)14-19-8-6-5-7-9-19/h5-13,21H,14-16H2,1-4H3,(H,26,30)/p+1/t21-/m0/s1. The van der Waals surface area contributed by atoms with E-state index in [-0.39, 0.29) is 11.9 Å². The highest BCUT2D eigenvalue weighted by molar-refractivity contribution is 6.33. The van der Waals surface area contributed by atoms with E-state index >= 15 is 0 Å². The molecule has 1 aromatic heterocycles. The van der Waals surface area contributed by atoms with Crippen LogP contribution in [-0.4, -0.2) is 42.4 Å². The van der Waals surface area contributed by atoms with Crippen molar-refractivity contribution in [1.82, 2.24) is 15.1 Å². The molecule has 0 unspecified atom stereocenters. The van der Waals surface area contributed by atoms with Crippen molar-refractivity contribution in [3.8, 4) is 0 Å². The van der Waals surface area contributed by atoms with E-state index in [0.717, 1.165) is 12.0 Å². The maximum Gasteiger partial charge on any atom is 0.256 e. The average molecular weight is 426 g/mol. The molecule has 0 saturated carbocycles. The number of nitrogens with zero attached hydrogens (tertiary/aromatic N) is 2. The van der Waals surface area contributed by atoms with Crippen molar-refractivity contribution in [1.29, 1.82) is 0 Å². The van der Waals surface area contributed by atoms with Crippen molar-refractivity contribution in [2.75, 3.05) is 20.6 Å². The summed E-state index contributed by atoms with van der Waals surface area (Å²) in [5, 5.41) is 7.94. The number of quaternary nitrogens is 1. The van der Waals surface area contributed by atoms with Crippen LogP contribution < -0.4 is 10.2 Å². The highest BCUT2D eigenvalue weighted by Gasteiger charge is 2.23. The summed E-state index contributed by atoms with van der Waals surface area (Å²) in [4.78, 5) is 14.2. The van der Waals surface area contributed by atoms with Crippen molar-refractivity contribution in [2.45, 2.75) is 32.9 Å². The van der Waals surface area contributed by atoms with Gasteiger partial charge in [-0.3, -0.25) is 4.79 Å². The number of aromatic nitrogens is 2. The third-order valence-corrected chi connectivity index (χ3v) is 5.78. The van der Waals surface area contributed by atoms with Gasteiger partial charge in [0.15, 0.2) is 0 Å². The van der Waals surface area contributed by atoms with E-state index in [9.17, 15) is 4.79 Å². The Balaban J connectivity index is 1.68. The number of hydrogen-bond donors (Lipinski definition) is 2. The maximum absolute atomic E-state index is 12.9. The molecule has 0 spiro atoms. The summed E-state index contributed by atoms with van der Waals surface area (Å²) in [5.74, 6) is -0.174. The van der Waals surface area contributed by atoms with Crippen LogP contribution in [0.1, 0.15) is 32.7 Å². The summed E-state index contributed by atoms with van der Waals surface area (Å²) in [6.07, 6.45) is 0.892. The molecule has 5 nitrogen and oxygen atoms in total. The van der Waals surface area contributed by atoms with Crippen molar-refractivity contribution < 1.29 is 9.69 Å². The Labute approximate surface area is 183 Å². The van der Waals surface area contributed by atoms with Crippen molar-refractivity contribution in [2.24, 2.45) is 0 Å². The Morgan fingerprint density at radius 1 is 1.07 bits per heavy atom. The molecule has 3 rings (SSSR count). The normalized spacial score (nSPS) is 12.2. The minimum atomic E-state index is -0.174. The zero-order chi connectivity index (χ0) is 21.7. The molecule has 0 aliphatic rings. The smallest absolute Gasteiger partial charge is 0.256 e. The van der Waals surface area contributed by atoms with Gasteiger partial charge in [0.1, 0.15) is 11.2 Å². The SMILES string of the molecule is Cc1ccc(Cn2nc(C)c(C(=O)NC[C@H](Cc3ccccc3)[NH+](C)C)c2Cl)cc1. The van der Waals surface area contributed by atoms with E-state index in [0.29, 0.717) is 29.5 Å². The molecule has 158 valence electrons. The lowest BCUT2D eigenvalue weighted by Crippen LogP contribution is -3.11. The third kappa shape index (κ3) is 5.49. The zero-order valence-electron chi connectivity index (χ0n) is 18.1. The van der Waals surface area contributed by atoms with Crippen LogP contribution in [-0.2, 0) is 13.0 Å². The molecule has 0 bridgehead atoms. The van der Waals surface area contributed by atoms with Crippen molar-refractivity contribution in [3.05, 3.63) is 87.7 Å². The molecular weight excluding hydrogens is 396 g/mol. The molecule has 30 heavy (non-hydrogen) atoms. The van der Waals surface area contributed by atoms with E-state index in [1.165, 1.54) is 16.0 Å². The van der Waals surface area contributed by atoms with Gasteiger partial charge in [0.05, 0.1) is 38.4 Å². The van der Waals surface area contributed by atoms with Crippen molar-refractivity contribution >= 4 is 17.5 Å². The number of carbonyl (C=O) groups excluding carboxylic acids is 1. The molecule has 1 atom stereocenters. The van der Waals surface area contributed by atoms with E-state index in [1.807, 2.05) is 25.1 Å². The van der Waals surface area contributed by atoms with Gasteiger partial charge in [0, 0.05) is 6.42 Å². The molecule has 2 aromatic carbocycles. The van der Waals surface area contributed by atoms with Gasteiger partial charge in [-0.05, 0) is 25.0 Å². The zero-order valence-corrected chi connectivity index (χ0v) is 18.8. The monoisotopic (exact) mass is 425 g/mol. The van der Waals surface area contributed by atoms with Crippen LogP contribution in [0.25, 0.3) is 0 Å². The van der Waals surface area contributed by atoms with Crippen molar-refractivity contribution in [3.63, 3.8) is 0 Å².